The van der Waals surface area contributed by atoms with Gasteiger partial charge in [0.1, 0.15) is 0 Å². The van der Waals surface area contributed by atoms with Gasteiger partial charge in [0.2, 0.25) is 0 Å². The molecule has 1 aromatic carbocycles. The summed E-state index contributed by atoms with van der Waals surface area (Å²) in [5.41, 5.74) is 6.81. The summed E-state index contributed by atoms with van der Waals surface area (Å²) < 4.78 is 1.07. The molecule has 3 heteroatoms. The van der Waals surface area contributed by atoms with Crippen molar-refractivity contribution in [3.05, 3.63) is 34.3 Å². The first kappa shape index (κ1) is 10.7. The Morgan fingerprint density at radius 3 is 2.62 bits per heavy atom. The predicted molar refractivity (Wildman–Crippen MR) is 57.6 cm³/mol. The Morgan fingerprint density at radius 2 is 2.08 bits per heavy atom. The Bertz CT molecular complexity index is 265. The predicted octanol–water partition coefficient (Wildman–Crippen LogP) is 1.87. The first-order valence-corrected chi connectivity index (χ1v) is 5.14. The number of aliphatic hydroxyl groups excluding tert-OH is 1. The molecule has 0 bridgehead atoms. The highest BCUT2D eigenvalue weighted by molar-refractivity contribution is 9.10. The molecule has 0 saturated heterocycles. The quantitative estimate of drug-likeness (QED) is 0.849. The molecule has 0 amide bonds. The maximum Gasteiger partial charge on any atom is 0.0437 e. The molecule has 0 saturated carbocycles. The molecule has 1 unspecified atom stereocenters. The van der Waals surface area contributed by atoms with Gasteiger partial charge in [0.15, 0.2) is 0 Å². The molecule has 0 heterocycles. The third-order valence-electron chi connectivity index (χ3n) is 2.11. The van der Waals surface area contributed by atoms with Crippen molar-refractivity contribution in [1.82, 2.24) is 0 Å². The maximum atomic E-state index is 8.85. The van der Waals surface area contributed by atoms with Gasteiger partial charge in [-0.25, -0.2) is 0 Å². The van der Waals surface area contributed by atoms with E-state index < -0.39 is 0 Å². The van der Waals surface area contributed by atoms with Crippen LogP contribution in [0.25, 0.3) is 0 Å². The second kappa shape index (κ2) is 5.37. The van der Waals surface area contributed by atoms with Gasteiger partial charge in [-0.05, 0) is 30.5 Å². The Labute approximate surface area is 86.9 Å². The molecule has 0 aliphatic carbocycles. The van der Waals surface area contributed by atoms with Crippen molar-refractivity contribution in [2.24, 2.45) is 5.73 Å². The zero-order chi connectivity index (χ0) is 9.68. The van der Waals surface area contributed by atoms with E-state index in [1.54, 1.807) is 0 Å². The highest BCUT2D eigenvalue weighted by Crippen LogP contribution is 2.26. The van der Waals surface area contributed by atoms with E-state index in [4.69, 9.17) is 10.8 Å². The molecular weight excluding hydrogens is 230 g/mol. The van der Waals surface area contributed by atoms with E-state index in [0.29, 0.717) is 6.54 Å². The topological polar surface area (TPSA) is 46.2 Å². The van der Waals surface area contributed by atoms with Gasteiger partial charge >= 0.3 is 0 Å². The van der Waals surface area contributed by atoms with Crippen LogP contribution in [0.2, 0.25) is 0 Å². The molecule has 72 valence electrons. The van der Waals surface area contributed by atoms with E-state index in [1.165, 1.54) is 5.56 Å². The van der Waals surface area contributed by atoms with Gasteiger partial charge < -0.3 is 10.8 Å². The molecule has 1 rings (SSSR count). The van der Waals surface area contributed by atoms with Crippen LogP contribution in [0.1, 0.15) is 17.9 Å². The van der Waals surface area contributed by atoms with Gasteiger partial charge in [-0.1, -0.05) is 34.1 Å². The summed E-state index contributed by atoms with van der Waals surface area (Å²) in [5.74, 6) is 0.251. The lowest BCUT2D eigenvalue weighted by Gasteiger charge is -2.15. The minimum atomic E-state index is 0.184. The van der Waals surface area contributed by atoms with Gasteiger partial charge in [0.25, 0.3) is 0 Å². The highest BCUT2D eigenvalue weighted by atomic mass is 79.9. The Kier molecular flexibility index (Phi) is 4.42. The summed E-state index contributed by atoms with van der Waals surface area (Å²) in [6.45, 7) is 0.756. The van der Waals surface area contributed by atoms with Gasteiger partial charge in [0, 0.05) is 11.1 Å². The highest BCUT2D eigenvalue weighted by Gasteiger charge is 2.11. The van der Waals surface area contributed by atoms with Gasteiger partial charge in [-0.3, -0.25) is 0 Å². The summed E-state index contributed by atoms with van der Waals surface area (Å²) in [6.07, 6.45) is 0.721. The van der Waals surface area contributed by atoms with Crippen LogP contribution in [-0.4, -0.2) is 18.3 Å². The Morgan fingerprint density at radius 1 is 1.38 bits per heavy atom. The SMILES string of the molecule is NCC(CCO)c1ccccc1Br. The van der Waals surface area contributed by atoms with Crippen molar-refractivity contribution in [2.75, 3.05) is 13.2 Å². The standard InChI is InChI=1S/C10H14BrNO/c11-10-4-2-1-3-9(10)8(7-12)5-6-13/h1-4,8,13H,5-7,12H2. The first-order chi connectivity index (χ1) is 6.29. The van der Waals surface area contributed by atoms with Crippen molar-refractivity contribution in [3.8, 4) is 0 Å². The third kappa shape index (κ3) is 2.79. The maximum absolute atomic E-state index is 8.85. The molecule has 3 N–H and O–H groups in total. The van der Waals surface area contributed by atoms with E-state index in [2.05, 4.69) is 15.9 Å². The lowest BCUT2D eigenvalue weighted by Crippen LogP contribution is -2.14. The monoisotopic (exact) mass is 243 g/mol. The van der Waals surface area contributed by atoms with E-state index >= 15 is 0 Å². The zero-order valence-corrected chi connectivity index (χ0v) is 9.00. The normalized spacial score (nSPS) is 12.8. The number of hydrogen-bond acceptors (Lipinski definition) is 2. The van der Waals surface area contributed by atoms with Crippen LogP contribution < -0.4 is 5.73 Å². The van der Waals surface area contributed by atoms with Crippen LogP contribution in [0, 0.1) is 0 Å². The number of hydrogen-bond donors (Lipinski definition) is 2. The van der Waals surface area contributed by atoms with Gasteiger partial charge in [0.05, 0.1) is 0 Å². The minimum absolute atomic E-state index is 0.184. The molecule has 1 atom stereocenters. The molecule has 0 aliphatic heterocycles. The number of aliphatic hydroxyl groups is 1. The number of rotatable bonds is 4. The second-order valence-corrected chi connectivity index (χ2v) is 3.82. The summed E-state index contributed by atoms with van der Waals surface area (Å²) in [6, 6.07) is 7.99. The van der Waals surface area contributed by atoms with Crippen LogP contribution in [0.5, 0.6) is 0 Å². The Hall–Kier alpha value is -0.380. The van der Waals surface area contributed by atoms with E-state index in [1.807, 2.05) is 24.3 Å². The zero-order valence-electron chi connectivity index (χ0n) is 7.41. The van der Waals surface area contributed by atoms with Crippen molar-refractivity contribution < 1.29 is 5.11 Å². The van der Waals surface area contributed by atoms with Crippen LogP contribution in [0.15, 0.2) is 28.7 Å². The van der Waals surface area contributed by atoms with Crippen molar-refractivity contribution >= 4 is 15.9 Å². The largest absolute Gasteiger partial charge is 0.396 e. The summed E-state index contributed by atoms with van der Waals surface area (Å²) in [4.78, 5) is 0. The van der Waals surface area contributed by atoms with Gasteiger partial charge in [-0.15, -0.1) is 0 Å². The molecule has 0 radical (unpaired) electrons. The van der Waals surface area contributed by atoms with E-state index in [9.17, 15) is 0 Å². The molecule has 2 nitrogen and oxygen atoms in total. The first-order valence-electron chi connectivity index (χ1n) is 4.35. The van der Waals surface area contributed by atoms with Gasteiger partial charge in [-0.2, -0.15) is 0 Å². The lowest BCUT2D eigenvalue weighted by molar-refractivity contribution is 0.276. The molecule has 0 spiro atoms. The van der Waals surface area contributed by atoms with Crippen molar-refractivity contribution in [3.63, 3.8) is 0 Å². The lowest BCUT2D eigenvalue weighted by atomic mass is 9.96. The summed E-state index contributed by atoms with van der Waals surface area (Å²) in [7, 11) is 0. The molecule has 13 heavy (non-hydrogen) atoms. The van der Waals surface area contributed by atoms with E-state index in [0.717, 1.165) is 10.9 Å². The minimum Gasteiger partial charge on any atom is -0.396 e. The van der Waals surface area contributed by atoms with Crippen LogP contribution in [0.3, 0.4) is 0 Å². The molecular formula is C10H14BrNO. The third-order valence-corrected chi connectivity index (χ3v) is 2.83. The number of nitrogens with two attached hydrogens (primary N) is 1. The fraction of sp³-hybridized carbons (Fsp3) is 0.400. The molecule has 0 fully saturated rings. The summed E-state index contributed by atoms with van der Waals surface area (Å²) in [5, 5.41) is 8.85. The van der Waals surface area contributed by atoms with E-state index in [-0.39, 0.29) is 12.5 Å². The molecule has 0 aliphatic rings. The smallest absolute Gasteiger partial charge is 0.0437 e. The second-order valence-electron chi connectivity index (χ2n) is 2.97. The van der Waals surface area contributed by atoms with Crippen LogP contribution in [0.4, 0.5) is 0 Å². The molecule has 0 aromatic heterocycles. The van der Waals surface area contributed by atoms with Crippen LogP contribution in [-0.2, 0) is 0 Å². The fourth-order valence-electron chi connectivity index (χ4n) is 1.36. The summed E-state index contributed by atoms with van der Waals surface area (Å²) >= 11 is 3.47. The van der Waals surface area contributed by atoms with Crippen LogP contribution >= 0.6 is 15.9 Å². The fourth-order valence-corrected chi connectivity index (χ4v) is 1.97. The van der Waals surface area contributed by atoms with Crippen molar-refractivity contribution in [1.29, 1.82) is 0 Å². The average Bonchev–Trinajstić information content (AvgIpc) is 2.16. The average molecular weight is 244 g/mol. The molecule has 1 aromatic rings. The number of halogens is 1. The number of benzene rings is 1. The Balaban J connectivity index is 2.84. The van der Waals surface area contributed by atoms with Crippen molar-refractivity contribution in [2.45, 2.75) is 12.3 Å².